The van der Waals surface area contributed by atoms with Crippen molar-refractivity contribution in [1.29, 1.82) is 0 Å². The zero-order chi connectivity index (χ0) is 15.7. The third-order valence-electron chi connectivity index (χ3n) is 3.30. The van der Waals surface area contributed by atoms with Gasteiger partial charge in [0, 0.05) is 25.9 Å². The molecule has 0 aliphatic heterocycles. The van der Waals surface area contributed by atoms with E-state index in [1.54, 1.807) is 7.05 Å². The fourth-order valence-electron chi connectivity index (χ4n) is 2.04. The molecule has 0 radical (unpaired) electrons. The summed E-state index contributed by atoms with van der Waals surface area (Å²) in [6.07, 6.45) is 7.07. The van der Waals surface area contributed by atoms with E-state index in [0.717, 1.165) is 18.8 Å². The van der Waals surface area contributed by atoms with E-state index < -0.39 is 10.0 Å². The first kappa shape index (κ1) is 17.9. The van der Waals surface area contributed by atoms with Crippen molar-refractivity contribution in [3.63, 3.8) is 0 Å². The van der Waals surface area contributed by atoms with Gasteiger partial charge in [0.15, 0.2) is 0 Å². The summed E-state index contributed by atoms with van der Waals surface area (Å²) in [6, 6.07) is 3.04. The van der Waals surface area contributed by atoms with E-state index in [9.17, 15) is 8.42 Å². The van der Waals surface area contributed by atoms with Gasteiger partial charge < -0.3 is 5.32 Å². The largest absolute Gasteiger partial charge is 0.373 e. The first-order valence-corrected chi connectivity index (χ1v) is 9.07. The SMILES string of the molecule is CNc1cc(S(=O)(=O)NCCCCCCC(C)C)ccn1. The molecule has 1 heterocycles. The van der Waals surface area contributed by atoms with Gasteiger partial charge in [0.25, 0.3) is 0 Å². The second-order valence-corrected chi connectivity index (χ2v) is 7.39. The summed E-state index contributed by atoms with van der Waals surface area (Å²) in [5.41, 5.74) is 0. The second-order valence-electron chi connectivity index (χ2n) is 5.62. The maximum atomic E-state index is 12.1. The highest BCUT2D eigenvalue weighted by Crippen LogP contribution is 2.13. The number of unbranched alkanes of at least 4 members (excludes halogenated alkanes) is 3. The van der Waals surface area contributed by atoms with Gasteiger partial charge in [-0.1, -0.05) is 39.5 Å². The minimum absolute atomic E-state index is 0.252. The third-order valence-corrected chi connectivity index (χ3v) is 4.76. The van der Waals surface area contributed by atoms with Crippen molar-refractivity contribution in [2.45, 2.75) is 50.8 Å². The normalized spacial score (nSPS) is 11.8. The van der Waals surface area contributed by atoms with Gasteiger partial charge in [-0.05, 0) is 18.4 Å². The van der Waals surface area contributed by atoms with Crippen LogP contribution in [0.5, 0.6) is 0 Å². The summed E-state index contributed by atoms with van der Waals surface area (Å²) in [7, 11) is -1.72. The van der Waals surface area contributed by atoms with Crippen LogP contribution in [0.25, 0.3) is 0 Å². The van der Waals surface area contributed by atoms with Crippen molar-refractivity contribution >= 4 is 15.8 Å². The van der Waals surface area contributed by atoms with Crippen LogP contribution in [0.1, 0.15) is 46.0 Å². The zero-order valence-electron chi connectivity index (χ0n) is 13.2. The van der Waals surface area contributed by atoms with Crippen LogP contribution >= 0.6 is 0 Å². The first-order valence-electron chi connectivity index (χ1n) is 7.59. The summed E-state index contributed by atoms with van der Waals surface area (Å²) >= 11 is 0. The smallest absolute Gasteiger partial charge is 0.240 e. The molecule has 0 bridgehead atoms. The van der Waals surface area contributed by atoms with E-state index in [1.807, 2.05) is 0 Å². The van der Waals surface area contributed by atoms with Crippen molar-refractivity contribution in [1.82, 2.24) is 9.71 Å². The van der Waals surface area contributed by atoms with Crippen molar-refractivity contribution in [3.05, 3.63) is 18.3 Å². The van der Waals surface area contributed by atoms with Crippen molar-refractivity contribution < 1.29 is 8.42 Å². The second kappa shape index (κ2) is 9.00. The molecule has 0 aliphatic carbocycles. The predicted molar refractivity (Wildman–Crippen MR) is 86.9 cm³/mol. The fraction of sp³-hybridized carbons (Fsp3) is 0.667. The first-order chi connectivity index (χ1) is 9.95. The number of hydrogen-bond acceptors (Lipinski definition) is 4. The number of sulfonamides is 1. The minimum atomic E-state index is -3.43. The maximum Gasteiger partial charge on any atom is 0.240 e. The number of aromatic nitrogens is 1. The molecule has 0 spiro atoms. The van der Waals surface area contributed by atoms with E-state index in [2.05, 4.69) is 28.9 Å². The van der Waals surface area contributed by atoms with Crippen molar-refractivity contribution in [2.75, 3.05) is 18.9 Å². The Hall–Kier alpha value is -1.14. The van der Waals surface area contributed by atoms with Gasteiger partial charge in [-0.3, -0.25) is 0 Å². The lowest BCUT2D eigenvalue weighted by atomic mass is 10.0. The summed E-state index contributed by atoms with van der Waals surface area (Å²) in [5, 5.41) is 2.84. The molecule has 1 aromatic heterocycles. The highest BCUT2D eigenvalue weighted by Gasteiger charge is 2.13. The quantitative estimate of drug-likeness (QED) is 0.651. The molecule has 0 fully saturated rings. The third kappa shape index (κ3) is 6.91. The van der Waals surface area contributed by atoms with Gasteiger partial charge in [-0.15, -0.1) is 0 Å². The van der Waals surface area contributed by atoms with Crippen molar-refractivity contribution in [3.8, 4) is 0 Å². The average Bonchev–Trinajstić information content (AvgIpc) is 2.46. The molecule has 2 N–H and O–H groups in total. The topological polar surface area (TPSA) is 71.1 Å². The molecular formula is C15H27N3O2S. The van der Waals surface area contributed by atoms with Crippen LogP contribution in [0.3, 0.4) is 0 Å². The number of anilines is 1. The molecule has 5 nitrogen and oxygen atoms in total. The van der Waals surface area contributed by atoms with Crippen LogP contribution in [-0.4, -0.2) is 27.0 Å². The molecule has 0 aromatic carbocycles. The average molecular weight is 313 g/mol. The van der Waals surface area contributed by atoms with Crippen LogP contribution < -0.4 is 10.0 Å². The highest BCUT2D eigenvalue weighted by atomic mass is 32.2. The minimum Gasteiger partial charge on any atom is -0.373 e. The molecule has 0 unspecified atom stereocenters. The van der Waals surface area contributed by atoms with Crippen LogP contribution in [-0.2, 0) is 10.0 Å². The summed E-state index contributed by atoms with van der Waals surface area (Å²) < 4.78 is 26.9. The lowest BCUT2D eigenvalue weighted by Crippen LogP contribution is -2.25. The molecule has 0 aliphatic rings. The number of nitrogens with one attached hydrogen (secondary N) is 2. The molecule has 120 valence electrons. The number of rotatable bonds is 10. The Kier molecular flexibility index (Phi) is 7.67. The Morgan fingerprint density at radius 3 is 2.57 bits per heavy atom. The van der Waals surface area contributed by atoms with Gasteiger partial charge in [0.1, 0.15) is 5.82 Å². The number of pyridine rings is 1. The van der Waals surface area contributed by atoms with Crippen LogP contribution in [0.4, 0.5) is 5.82 Å². The molecule has 0 atom stereocenters. The number of hydrogen-bond donors (Lipinski definition) is 2. The van der Waals surface area contributed by atoms with Gasteiger partial charge in [0.2, 0.25) is 10.0 Å². The molecular weight excluding hydrogens is 286 g/mol. The van der Waals surface area contributed by atoms with Crippen LogP contribution in [0, 0.1) is 5.92 Å². The lowest BCUT2D eigenvalue weighted by molar-refractivity contribution is 0.517. The Morgan fingerprint density at radius 2 is 1.90 bits per heavy atom. The fourth-order valence-corrected chi connectivity index (χ4v) is 3.12. The van der Waals surface area contributed by atoms with E-state index >= 15 is 0 Å². The van der Waals surface area contributed by atoms with Crippen LogP contribution in [0.2, 0.25) is 0 Å². The lowest BCUT2D eigenvalue weighted by Gasteiger charge is -2.08. The molecule has 0 saturated heterocycles. The van der Waals surface area contributed by atoms with Gasteiger partial charge >= 0.3 is 0 Å². The Balaban J connectivity index is 2.33. The summed E-state index contributed by atoms with van der Waals surface area (Å²) in [4.78, 5) is 4.26. The van der Waals surface area contributed by atoms with E-state index in [1.165, 1.54) is 37.6 Å². The maximum absolute atomic E-state index is 12.1. The molecule has 1 aromatic rings. The standard InChI is InChI=1S/C15H27N3O2S/c1-13(2)8-6-4-5-7-10-18-21(19,20)14-9-11-17-15(12-14)16-3/h9,11-13,18H,4-8,10H2,1-3H3,(H,16,17). The Bertz CT molecular complexity index is 515. The van der Waals surface area contributed by atoms with E-state index in [0.29, 0.717) is 12.4 Å². The summed E-state index contributed by atoms with van der Waals surface area (Å²) in [6.45, 7) is 4.94. The zero-order valence-corrected chi connectivity index (χ0v) is 14.0. The van der Waals surface area contributed by atoms with Gasteiger partial charge in [-0.2, -0.15) is 0 Å². The Morgan fingerprint density at radius 1 is 1.19 bits per heavy atom. The highest BCUT2D eigenvalue weighted by molar-refractivity contribution is 7.89. The van der Waals surface area contributed by atoms with Gasteiger partial charge in [-0.25, -0.2) is 18.1 Å². The van der Waals surface area contributed by atoms with Gasteiger partial charge in [0.05, 0.1) is 4.90 Å². The molecule has 0 amide bonds. The predicted octanol–water partition coefficient (Wildman–Crippen LogP) is 3.01. The molecule has 0 saturated carbocycles. The van der Waals surface area contributed by atoms with Crippen LogP contribution in [0.15, 0.2) is 23.2 Å². The number of nitrogens with zero attached hydrogens (tertiary/aromatic N) is 1. The Labute approximate surface area is 128 Å². The van der Waals surface area contributed by atoms with E-state index in [-0.39, 0.29) is 4.90 Å². The molecule has 6 heteroatoms. The summed E-state index contributed by atoms with van der Waals surface area (Å²) in [5.74, 6) is 1.29. The monoisotopic (exact) mass is 313 g/mol. The van der Waals surface area contributed by atoms with Crippen molar-refractivity contribution in [2.24, 2.45) is 5.92 Å². The molecule has 21 heavy (non-hydrogen) atoms. The van der Waals surface area contributed by atoms with E-state index in [4.69, 9.17) is 0 Å². The molecule has 1 rings (SSSR count).